The Labute approximate surface area is 122 Å². The monoisotopic (exact) mass is 334 g/mol. The lowest BCUT2D eigenvalue weighted by molar-refractivity contribution is 0.412. The highest BCUT2D eigenvalue weighted by molar-refractivity contribution is 9.10. The van der Waals surface area contributed by atoms with Crippen LogP contribution in [0.25, 0.3) is 11.2 Å². The van der Waals surface area contributed by atoms with Gasteiger partial charge in [-0.1, -0.05) is 0 Å². The van der Waals surface area contributed by atoms with E-state index < -0.39 is 0 Å². The Bertz CT molecular complexity index is 772. The largest absolute Gasteiger partial charge is 0.495 e. The van der Waals surface area contributed by atoms with Gasteiger partial charge in [0.1, 0.15) is 11.3 Å². The van der Waals surface area contributed by atoms with Gasteiger partial charge in [-0.25, -0.2) is 4.98 Å². The first-order chi connectivity index (χ1) is 9.67. The number of hydrogen-bond acceptors (Lipinski definition) is 6. The molecule has 1 aromatic carbocycles. The molecule has 0 spiro atoms. The number of nitrogen functional groups attached to an aromatic ring is 1. The Morgan fingerprint density at radius 2 is 2.20 bits per heavy atom. The number of hydrogen-bond donors (Lipinski definition) is 3. The smallest absolute Gasteiger partial charge is 0.224 e. The highest BCUT2D eigenvalue weighted by Gasteiger charge is 2.09. The van der Waals surface area contributed by atoms with E-state index in [0.29, 0.717) is 17.0 Å². The number of benzene rings is 1. The summed E-state index contributed by atoms with van der Waals surface area (Å²) in [7, 11) is 1.61. The van der Waals surface area contributed by atoms with Gasteiger partial charge in [0.2, 0.25) is 5.95 Å². The third-order valence-electron chi connectivity index (χ3n) is 2.72. The summed E-state index contributed by atoms with van der Waals surface area (Å²) in [5.74, 6) is 1.45. The Kier molecular flexibility index (Phi) is 3.15. The normalized spacial score (nSPS) is 10.7. The first kappa shape index (κ1) is 12.7. The first-order valence-electron chi connectivity index (χ1n) is 5.74. The number of methoxy groups -OCH3 is 1. The second-order valence-electron chi connectivity index (χ2n) is 4.01. The van der Waals surface area contributed by atoms with Gasteiger partial charge in [-0.2, -0.15) is 9.97 Å². The zero-order valence-electron chi connectivity index (χ0n) is 10.5. The van der Waals surface area contributed by atoms with Crippen molar-refractivity contribution in [1.29, 1.82) is 0 Å². The molecule has 0 aliphatic heterocycles. The van der Waals surface area contributed by atoms with E-state index in [1.165, 1.54) is 0 Å². The van der Waals surface area contributed by atoms with Gasteiger partial charge in [-0.3, -0.25) is 0 Å². The quantitative estimate of drug-likeness (QED) is 0.680. The molecule has 3 aromatic rings. The Hall–Kier alpha value is -2.35. The minimum absolute atomic E-state index is 0.163. The topological polar surface area (TPSA) is 102 Å². The van der Waals surface area contributed by atoms with Gasteiger partial charge in [0, 0.05) is 11.8 Å². The Morgan fingerprint density at radius 1 is 1.35 bits per heavy atom. The van der Waals surface area contributed by atoms with Gasteiger partial charge in [-0.05, 0) is 28.1 Å². The summed E-state index contributed by atoms with van der Waals surface area (Å²) in [6.07, 6.45) is 1.55. The standard InChI is InChI=1S/C12H11BrN6O/c1-20-8-4-6(2-3-7(8)13)17-11-9-10(16-5-15-9)18-12(14)19-11/h2-5H,1H3,(H4,14,15,16,17,18,19). The molecule has 0 aliphatic rings. The van der Waals surface area contributed by atoms with Crippen molar-refractivity contribution < 1.29 is 4.74 Å². The number of rotatable bonds is 3. The van der Waals surface area contributed by atoms with Crippen LogP contribution in [0.2, 0.25) is 0 Å². The molecule has 0 aliphatic carbocycles. The third kappa shape index (κ3) is 2.25. The van der Waals surface area contributed by atoms with Crippen LogP contribution in [0.1, 0.15) is 0 Å². The van der Waals surface area contributed by atoms with Gasteiger partial charge in [-0.15, -0.1) is 0 Å². The lowest BCUT2D eigenvalue weighted by atomic mass is 10.3. The van der Waals surface area contributed by atoms with Crippen molar-refractivity contribution in [1.82, 2.24) is 19.9 Å². The second-order valence-corrected chi connectivity index (χ2v) is 4.86. The molecule has 0 saturated carbocycles. The predicted octanol–water partition coefficient (Wildman–Crippen LogP) is 2.45. The van der Waals surface area contributed by atoms with Crippen molar-refractivity contribution >= 4 is 44.5 Å². The number of halogens is 1. The van der Waals surface area contributed by atoms with Crippen LogP contribution in [-0.4, -0.2) is 27.0 Å². The summed E-state index contributed by atoms with van der Waals surface area (Å²) < 4.78 is 6.13. The SMILES string of the molecule is COc1cc(Nc2nc(N)nc3nc[nH]c23)ccc1Br. The number of anilines is 3. The van der Waals surface area contributed by atoms with Crippen LogP contribution in [0.5, 0.6) is 5.75 Å². The van der Waals surface area contributed by atoms with Crippen molar-refractivity contribution in [2.75, 3.05) is 18.2 Å². The maximum Gasteiger partial charge on any atom is 0.224 e. The summed E-state index contributed by atoms with van der Waals surface area (Å²) in [5, 5.41) is 3.17. The molecule has 2 heterocycles. The number of fused-ring (bicyclic) bond motifs is 1. The molecule has 0 saturated heterocycles. The molecule has 0 unspecified atom stereocenters. The number of H-pyrrole nitrogens is 1. The zero-order chi connectivity index (χ0) is 14.1. The zero-order valence-corrected chi connectivity index (χ0v) is 12.1. The summed E-state index contributed by atoms with van der Waals surface area (Å²) >= 11 is 3.41. The first-order valence-corrected chi connectivity index (χ1v) is 6.54. The number of ether oxygens (including phenoxy) is 1. The molecule has 0 atom stereocenters. The lowest BCUT2D eigenvalue weighted by Gasteiger charge is -2.09. The van der Waals surface area contributed by atoms with E-state index in [-0.39, 0.29) is 5.95 Å². The summed E-state index contributed by atoms with van der Waals surface area (Å²) in [6.45, 7) is 0. The second kappa shape index (κ2) is 4.97. The molecule has 0 bridgehead atoms. The van der Waals surface area contributed by atoms with E-state index in [1.54, 1.807) is 13.4 Å². The van der Waals surface area contributed by atoms with Crippen molar-refractivity contribution in [3.63, 3.8) is 0 Å². The molecular weight excluding hydrogens is 324 g/mol. The third-order valence-corrected chi connectivity index (χ3v) is 3.37. The number of nitrogens with one attached hydrogen (secondary N) is 2. The molecule has 4 N–H and O–H groups in total. The Balaban J connectivity index is 2.02. The van der Waals surface area contributed by atoms with Gasteiger partial charge in [0.15, 0.2) is 11.5 Å². The van der Waals surface area contributed by atoms with Gasteiger partial charge in [0.25, 0.3) is 0 Å². The number of nitrogens with two attached hydrogens (primary N) is 1. The molecule has 102 valence electrons. The molecule has 0 fully saturated rings. The minimum Gasteiger partial charge on any atom is -0.495 e. The summed E-state index contributed by atoms with van der Waals surface area (Å²) in [4.78, 5) is 15.3. The lowest BCUT2D eigenvalue weighted by Crippen LogP contribution is -2.01. The average molecular weight is 335 g/mol. The maximum atomic E-state index is 5.67. The molecule has 8 heteroatoms. The van der Waals surface area contributed by atoms with Crippen LogP contribution in [0.4, 0.5) is 17.5 Å². The Morgan fingerprint density at radius 3 is 3.00 bits per heavy atom. The molecule has 20 heavy (non-hydrogen) atoms. The van der Waals surface area contributed by atoms with Crippen LogP contribution in [0.3, 0.4) is 0 Å². The van der Waals surface area contributed by atoms with E-state index in [0.717, 1.165) is 15.9 Å². The number of aromatic amines is 1. The van der Waals surface area contributed by atoms with Gasteiger partial charge >= 0.3 is 0 Å². The fraction of sp³-hybridized carbons (Fsp3) is 0.0833. The highest BCUT2D eigenvalue weighted by atomic mass is 79.9. The molecule has 2 aromatic heterocycles. The number of imidazole rings is 1. The van der Waals surface area contributed by atoms with Crippen molar-refractivity contribution in [3.8, 4) is 5.75 Å². The van der Waals surface area contributed by atoms with Gasteiger partial charge in [0.05, 0.1) is 17.9 Å². The van der Waals surface area contributed by atoms with E-state index in [1.807, 2.05) is 18.2 Å². The van der Waals surface area contributed by atoms with Crippen molar-refractivity contribution in [2.45, 2.75) is 0 Å². The van der Waals surface area contributed by atoms with E-state index in [4.69, 9.17) is 10.5 Å². The average Bonchev–Trinajstić information content (AvgIpc) is 2.89. The van der Waals surface area contributed by atoms with E-state index >= 15 is 0 Å². The van der Waals surface area contributed by atoms with E-state index in [2.05, 4.69) is 41.2 Å². The van der Waals surface area contributed by atoms with E-state index in [9.17, 15) is 0 Å². The van der Waals surface area contributed by atoms with Crippen molar-refractivity contribution in [2.24, 2.45) is 0 Å². The van der Waals surface area contributed by atoms with Crippen LogP contribution < -0.4 is 15.8 Å². The summed E-state index contributed by atoms with van der Waals surface area (Å²) in [5.41, 5.74) is 7.70. The molecule has 0 amide bonds. The van der Waals surface area contributed by atoms with Crippen molar-refractivity contribution in [3.05, 3.63) is 29.0 Å². The molecule has 0 radical (unpaired) electrons. The predicted molar refractivity (Wildman–Crippen MR) is 80.1 cm³/mol. The van der Waals surface area contributed by atoms with Crippen LogP contribution in [-0.2, 0) is 0 Å². The fourth-order valence-electron chi connectivity index (χ4n) is 1.81. The highest BCUT2D eigenvalue weighted by Crippen LogP contribution is 2.30. The fourth-order valence-corrected chi connectivity index (χ4v) is 2.22. The maximum absolute atomic E-state index is 5.67. The molecule has 3 rings (SSSR count). The number of aromatic nitrogens is 4. The molecule has 7 nitrogen and oxygen atoms in total. The van der Waals surface area contributed by atoms with Crippen LogP contribution in [0.15, 0.2) is 29.0 Å². The summed E-state index contributed by atoms with van der Waals surface area (Å²) in [6, 6.07) is 5.63. The van der Waals surface area contributed by atoms with Crippen LogP contribution in [0, 0.1) is 0 Å². The molecular formula is C12H11BrN6O. The minimum atomic E-state index is 0.163. The van der Waals surface area contributed by atoms with Gasteiger partial charge < -0.3 is 20.8 Å². The van der Waals surface area contributed by atoms with Crippen LogP contribution >= 0.6 is 15.9 Å². The number of nitrogens with zero attached hydrogens (tertiary/aromatic N) is 3.